The van der Waals surface area contributed by atoms with Gasteiger partial charge >= 0.3 is 0 Å². The van der Waals surface area contributed by atoms with Gasteiger partial charge in [0.2, 0.25) is 0 Å². The second-order valence-electron chi connectivity index (χ2n) is 4.67. The molecule has 0 radical (unpaired) electrons. The summed E-state index contributed by atoms with van der Waals surface area (Å²) in [6.07, 6.45) is 0.777. The first kappa shape index (κ1) is 16.0. The van der Waals surface area contributed by atoms with Gasteiger partial charge < -0.3 is 5.32 Å². The van der Waals surface area contributed by atoms with E-state index in [1.54, 1.807) is 6.07 Å². The van der Waals surface area contributed by atoms with Crippen LogP contribution in [0, 0.1) is 5.92 Å². The number of rotatable bonds is 5. The van der Waals surface area contributed by atoms with Crippen molar-refractivity contribution in [2.45, 2.75) is 38.1 Å². The third kappa shape index (κ3) is 4.21. The summed E-state index contributed by atoms with van der Waals surface area (Å²) in [6, 6.07) is 5.92. The third-order valence-electron chi connectivity index (χ3n) is 2.96. The highest BCUT2D eigenvalue weighted by Crippen LogP contribution is 2.20. The maximum absolute atomic E-state index is 12.2. The first-order valence-corrected chi connectivity index (χ1v) is 8.42. The lowest BCUT2D eigenvalue weighted by atomic mass is 10.0. The van der Waals surface area contributed by atoms with Crippen LogP contribution in [0.25, 0.3) is 0 Å². The largest absolute Gasteiger partial charge is 0.349 e. The van der Waals surface area contributed by atoms with E-state index in [9.17, 15) is 13.2 Å². The number of benzene rings is 1. The van der Waals surface area contributed by atoms with Crippen molar-refractivity contribution in [1.29, 1.82) is 0 Å². The first-order valence-electron chi connectivity index (χ1n) is 6.12. The van der Waals surface area contributed by atoms with E-state index in [1.807, 2.05) is 20.8 Å². The smallest absolute Gasteiger partial charge is 0.262 e. The molecule has 1 rings (SSSR count). The summed E-state index contributed by atoms with van der Waals surface area (Å²) in [7, 11) is 1.40. The highest BCUT2D eigenvalue weighted by Gasteiger charge is 2.22. The van der Waals surface area contributed by atoms with Crippen LogP contribution in [0.4, 0.5) is 0 Å². The van der Waals surface area contributed by atoms with Gasteiger partial charge in [0, 0.05) is 16.7 Å². The van der Waals surface area contributed by atoms with Gasteiger partial charge in [-0.3, -0.25) is 4.79 Å². The zero-order chi connectivity index (χ0) is 14.6. The summed E-state index contributed by atoms with van der Waals surface area (Å²) in [5.74, 6) is -0.144. The molecule has 4 nitrogen and oxygen atoms in total. The number of hydrogen-bond acceptors (Lipinski definition) is 3. The Morgan fingerprint density at radius 2 is 1.89 bits per heavy atom. The quantitative estimate of drug-likeness (QED) is 0.851. The van der Waals surface area contributed by atoms with Crippen molar-refractivity contribution in [3.63, 3.8) is 0 Å². The highest BCUT2D eigenvalue weighted by atomic mass is 35.7. The van der Waals surface area contributed by atoms with Gasteiger partial charge in [-0.15, -0.1) is 0 Å². The number of hydrogen-bond donors (Lipinski definition) is 1. The van der Waals surface area contributed by atoms with E-state index >= 15 is 0 Å². The number of amides is 1. The molecular formula is C13H18ClNO3S. The van der Waals surface area contributed by atoms with Crippen molar-refractivity contribution < 1.29 is 13.2 Å². The lowest BCUT2D eigenvalue weighted by molar-refractivity contribution is 0.0921. The molecule has 1 aromatic rings. The van der Waals surface area contributed by atoms with Crippen LogP contribution in [-0.4, -0.2) is 20.4 Å². The van der Waals surface area contributed by atoms with Gasteiger partial charge in [-0.05, 0) is 24.5 Å². The zero-order valence-electron chi connectivity index (χ0n) is 11.2. The fourth-order valence-corrected chi connectivity index (χ4v) is 2.92. The predicted octanol–water partition coefficient (Wildman–Crippen LogP) is 2.78. The zero-order valence-corrected chi connectivity index (χ0v) is 12.8. The van der Waals surface area contributed by atoms with Crippen molar-refractivity contribution in [3.8, 4) is 0 Å². The monoisotopic (exact) mass is 303 g/mol. The van der Waals surface area contributed by atoms with Gasteiger partial charge in [0.1, 0.15) is 0 Å². The SMILES string of the molecule is CCC(NC(=O)c1ccccc1S(=O)(=O)Cl)C(C)C. The Balaban J connectivity index is 3.08. The summed E-state index contributed by atoms with van der Waals surface area (Å²) >= 11 is 0. The van der Waals surface area contributed by atoms with Gasteiger partial charge in [0.25, 0.3) is 15.0 Å². The topological polar surface area (TPSA) is 63.2 Å². The van der Waals surface area contributed by atoms with Crippen molar-refractivity contribution >= 4 is 25.6 Å². The van der Waals surface area contributed by atoms with Gasteiger partial charge in [-0.2, -0.15) is 0 Å². The number of carbonyl (C=O) groups is 1. The maximum atomic E-state index is 12.2. The second kappa shape index (κ2) is 6.39. The number of nitrogens with one attached hydrogen (secondary N) is 1. The Bertz CT molecular complexity index is 555. The number of carbonyl (C=O) groups excluding carboxylic acids is 1. The van der Waals surface area contributed by atoms with Gasteiger partial charge in [0.15, 0.2) is 0 Å². The Morgan fingerprint density at radius 1 is 1.32 bits per heavy atom. The standard InChI is InChI=1S/C13H18ClNO3S/c1-4-11(9(2)3)15-13(16)10-7-5-6-8-12(10)19(14,17)18/h5-9,11H,4H2,1-3H3,(H,15,16). The van der Waals surface area contributed by atoms with Crippen LogP contribution in [0.2, 0.25) is 0 Å². The molecule has 19 heavy (non-hydrogen) atoms. The van der Waals surface area contributed by atoms with Crippen LogP contribution in [-0.2, 0) is 9.05 Å². The molecule has 0 aliphatic heterocycles. The van der Waals surface area contributed by atoms with Crippen LogP contribution in [0.3, 0.4) is 0 Å². The summed E-state index contributed by atoms with van der Waals surface area (Å²) in [6.45, 7) is 5.96. The van der Waals surface area contributed by atoms with Crippen LogP contribution < -0.4 is 5.32 Å². The minimum Gasteiger partial charge on any atom is -0.349 e. The fraction of sp³-hybridized carbons (Fsp3) is 0.462. The molecule has 1 amide bonds. The van der Waals surface area contributed by atoms with Crippen molar-refractivity contribution in [3.05, 3.63) is 29.8 Å². The summed E-state index contributed by atoms with van der Waals surface area (Å²) in [5, 5.41) is 2.83. The highest BCUT2D eigenvalue weighted by molar-refractivity contribution is 8.13. The summed E-state index contributed by atoms with van der Waals surface area (Å²) in [5.41, 5.74) is 0.0802. The molecule has 0 spiro atoms. The molecule has 1 atom stereocenters. The van der Waals surface area contributed by atoms with Gasteiger partial charge in [-0.25, -0.2) is 8.42 Å². The van der Waals surface area contributed by atoms with Crippen molar-refractivity contribution in [1.82, 2.24) is 5.32 Å². The van der Waals surface area contributed by atoms with E-state index in [4.69, 9.17) is 10.7 Å². The molecule has 106 valence electrons. The lowest BCUT2D eigenvalue weighted by Gasteiger charge is -2.21. The second-order valence-corrected chi connectivity index (χ2v) is 7.20. The van der Waals surface area contributed by atoms with E-state index in [1.165, 1.54) is 18.2 Å². The van der Waals surface area contributed by atoms with Crippen LogP contribution in [0.1, 0.15) is 37.6 Å². The van der Waals surface area contributed by atoms with Crippen LogP contribution >= 0.6 is 10.7 Å². The Morgan fingerprint density at radius 3 is 2.37 bits per heavy atom. The summed E-state index contributed by atoms with van der Waals surface area (Å²) in [4.78, 5) is 12.0. The molecule has 0 saturated carbocycles. The molecule has 0 aliphatic rings. The third-order valence-corrected chi connectivity index (χ3v) is 4.34. The molecule has 0 aliphatic carbocycles. The average molecular weight is 304 g/mol. The fourth-order valence-electron chi connectivity index (χ4n) is 1.85. The van der Waals surface area contributed by atoms with E-state index in [2.05, 4.69) is 5.32 Å². The maximum Gasteiger partial charge on any atom is 0.262 e. The number of halogens is 1. The van der Waals surface area contributed by atoms with Gasteiger partial charge in [-0.1, -0.05) is 32.9 Å². The van der Waals surface area contributed by atoms with Crippen LogP contribution in [0.5, 0.6) is 0 Å². The molecule has 0 bridgehead atoms. The van der Waals surface area contributed by atoms with E-state index in [0.29, 0.717) is 0 Å². The van der Waals surface area contributed by atoms with Crippen molar-refractivity contribution in [2.24, 2.45) is 5.92 Å². The molecule has 1 N–H and O–H groups in total. The Kier molecular flexibility index (Phi) is 5.38. The Hall–Kier alpha value is -1.07. The van der Waals surface area contributed by atoms with E-state index in [-0.39, 0.29) is 22.4 Å². The summed E-state index contributed by atoms with van der Waals surface area (Å²) < 4.78 is 22.9. The van der Waals surface area contributed by atoms with Gasteiger partial charge in [0.05, 0.1) is 10.5 Å². The normalized spacial score (nSPS) is 13.3. The van der Waals surface area contributed by atoms with E-state index in [0.717, 1.165) is 6.42 Å². The average Bonchev–Trinajstić information content (AvgIpc) is 2.34. The molecule has 0 fully saturated rings. The minimum atomic E-state index is -3.93. The molecule has 1 aromatic carbocycles. The minimum absolute atomic E-state index is 0.00131. The molecule has 0 saturated heterocycles. The molecule has 6 heteroatoms. The predicted molar refractivity (Wildman–Crippen MR) is 75.9 cm³/mol. The molecule has 0 heterocycles. The molecular weight excluding hydrogens is 286 g/mol. The van der Waals surface area contributed by atoms with Crippen LogP contribution in [0.15, 0.2) is 29.2 Å². The molecule has 1 unspecified atom stereocenters. The first-order chi connectivity index (χ1) is 8.77. The molecule has 0 aromatic heterocycles. The Labute approximate surface area is 118 Å². The van der Waals surface area contributed by atoms with E-state index < -0.39 is 15.0 Å². The lowest BCUT2D eigenvalue weighted by Crippen LogP contribution is -2.38. The van der Waals surface area contributed by atoms with Crippen molar-refractivity contribution in [2.75, 3.05) is 0 Å².